The molecule has 0 bridgehead atoms. The monoisotopic (exact) mass is 214 g/mol. The molecule has 0 aromatic rings. The summed E-state index contributed by atoms with van der Waals surface area (Å²) < 4.78 is 0. The van der Waals surface area contributed by atoms with E-state index in [2.05, 4.69) is 6.92 Å². The third-order valence-corrected chi connectivity index (χ3v) is 2.83. The number of aliphatic hydroxyl groups is 1. The van der Waals surface area contributed by atoms with Crippen molar-refractivity contribution in [2.75, 3.05) is 0 Å². The molecule has 0 rings (SSSR count). The Balaban J connectivity index is 4.08. The van der Waals surface area contributed by atoms with E-state index in [0.29, 0.717) is 0 Å². The fraction of sp³-hybridized carbons (Fsp3) is 0.923. The molecule has 0 radical (unpaired) electrons. The van der Waals surface area contributed by atoms with Gasteiger partial charge in [-0.1, -0.05) is 53.9 Å². The Morgan fingerprint density at radius 3 is 2.20 bits per heavy atom. The van der Waals surface area contributed by atoms with Crippen LogP contribution in [0.25, 0.3) is 0 Å². The zero-order chi connectivity index (χ0) is 12.1. The molecule has 0 amide bonds. The predicted octanol–water partition coefficient (Wildman–Crippen LogP) is 3.18. The molecule has 0 fully saturated rings. The van der Waals surface area contributed by atoms with E-state index < -0.39 is 6.10 Å². The van der Waals surface area contributed by atoms with Crippen LogP contribution in [0.4, 0.5) is 0 Å². The summed E-state index contributed by atoms with van der Waals surface area (Å²) in [6, 6.07) is 0. The van der Waals surface area contributed by atoms with Crippen LogP contribution in [0.3, 0.4) is 0 Å². The van der Waals surface area contributed by atoms with Crippen molar-refractivity contribution in [3.63, 3.8) is 0 Å². The summed E-state index contributed by atoms with van der Waals surface area (Å²) in [5, 5.41) is 9.86. The molecule has 0 saturated heterocycles. The van der Waals surface area contributed by atoms with Gasteiger partial charge >= 0.3 is 0 Å². The first-order chi connectivity index (χ1) is 6.80. The molecule has 1 N–H and O–H groups in total. The second-order valence-corrected chi connectivity index (χ2v) is 5.47. The van der Waals surface area contributed by atoms with Crippen molar-refractivity contribution < 1.29 is 9.90 Å². The Hall–Kier alpha value is -0.370. The first kappa shape index (κ1) is 14.6. The van der Waals surface area contributed by atoms with Crippen LogP contribution in [-0.4, -0.2) is 17.0 Å². The number of hydrogen-bond donors (Lipinski definition) is 1. The van der Waals surface area contributed by atoms with Gasteiger partial charge in [0.2, 0.25) is 0 Å². The second-order valence-electron chi connectivity index (χ2n) is 5.47. The maximum Gasteiger partial charge on any atom is 0.143 e. The van der Waals surface area contributed by atoms with Crippen LogP contribution >= 0.6 is 0 Å². The van der Waals surface area contributed by atoms with Crippen molar-refractivity contribution in [3.8, 4) is 0 Å². The van der Waals surface area contributed by atoms with Crippen LogP contribution in [0, 0.1) is 11.3 Å². The number of carbonyl (C=O) groups excluding carboxylic acids is 1. The molecule has 0 unspecified atom stereocenters. The van der Waals surface area contributed by atoms with Crippen LogP contribution in [0.15, 0.2) is 0 Å². The van der Waals surface area contributed by atoms with E-state index >= 15 is 0 Å². The highest BCUT2D eigenvalue weighted by Crippen LogP contribution is 2.23. The highest BCUT2D eigenvalue weighted by atomic mass is 16.3. The van der Waals surface area contributed by atoms with Crippen LogP contribution < -0.4 is 0 Å². The van der Waals surface area contributed by atoms with Crippen LogP contribution in [0.2, 0.25) is 0 Å². The summed E-state index contributed by atoms with van der Waals surface area (Å²) in [6.07, 6.45) is 3.57. The summed E-state index contributed by atoms with van der Waals surface area (Å²) in [7, 11) is 0. The first-order valence-electron chi connectivity index (χ1n) is 6.03. The average Bonchev–Trinajstić information content (AvgIpc) is 2.14. The van der Waals surface area contributed by atoms with Gasteiger partial charge in [0, 0.05) is 11.3 Å². The van der Waals surface area contributed by atoms with E-state index in [9.17, 15) is 9.90 Å². The molecule has 0 aliphatic heterocycles. The Morgan fingerprint density at radius 2 is 1.80 bits per heavy atom. The Labute approximate surface area is 94.1 Å². The fourth-order valence-corrected chi connectivity index (χ4v) is 1.71. The van der Waals surface area contributed by atoms with E-state index in [1.54, 1.807) is 0 Å². The number of carbonyl (C=O) groups is 1. The van der Waals surface area contributed by atoms with Crippen molar-refractivity contribution >= 4 is 5.78 Å². The van der Waals surface area contributed by atoms with E-state index in [1.807, 2.05) is 27.7 Å². The standard InChI is InChI=1S/C13H26O2/c1-6-7-8-9-11(14)10(2)12(15)13(3,4)5/h10-11,14H,6-9H2,1-5H3/t10-,11+/m0/s1. The first-order valence-corrected chi connectivity index (χ1v) is 6.03. The zero-order valence-corrected chi connectivity index (χ0v) is 10.8. The summed E-state index contributed by atoms with van der Waals surface area (Å²) in [4.78, 5) is 11.9. The normalized spacial score (nSPS) is 16.1. The quantitative estimate of drug-likeness (QED) is 0.689. The van der Waals surface area contributed by atoms with Gasteiger partial charge in [-0.05, 0) is 6.42 Å². The maximum atomic E-state index is 11.9. The minimum atomic E-state index is -0.469. The van der Waals surface area contributed by atoms with Gasteiger partial charge in [-0.25, -0.2) is 0 Å². The van der Waals surface area contributed by atoms with Crippen molar-refractivity contribution in [2.45, 2.75) is 66.4 Å². The minimum absolute atomic E-state index is 0.159. The van der Waals surface area contributed by atoms with E-state index in [0.717, 1.165) is 25.7 Å². The summed E-state index contributed by atoms with van der Waals surface area (Å²) in [5.74, 6) is -0.0756. The lowest BCUT2D eigenvalue weighted by molar-refractivity contribution is -0.133. The van der Waals surface area contributed by atoms with Crippen molar-refractivity contribution in [2.24, 2.45) is 11.3 Å². The number of rotatable bonds is 6. The van der Waals surface area contributed by atoms with Gasteiger partial charge in [0.05, 0.1) is 6.10 Å². The topological polar surface area (TPSA) is 37.3 Å². The van der Waals surface area contributed by atoms with Crippen LogP contribution in [0.5, 0.6) is 0 Å². The molecular weight excluding hydrogens is 188 g/mol. The number of Topliss-reactive ketones (excluding diaryl/α,β-unsaturated/α-hetero) is 1. The third-order valence-electron chi connectivity index (χ3n) is 2.83. The van der Waals surface area contributed by atoms with Gasteiger partial charge in [0.15, 0.2) is 0 Å². The molecule has 0 heterocycles. The maximum absolute atomic E-state index is 11.9. The average molecular weight is 214 g/mol. The van der Waals surface area contributed by atoms with E-state index in [-0.39, 0.29) is 17.1 Å². The van der Waals surface area contributed by atoms with Gasteiger partial charge in [0.25, 0.3) is 0 Å². The van der Waals surface area contributed by atoms with Gasteiger partial charge in [0.1, 0.15) is 5.78 Å². The highest BCUT2D eigenvalue weighted by molar-refractivity contribution is 5.86. The second kappa shape index (κ2) is 6.26. The Kier molecular flexibility index (Phi) is 6.11. The predicted molar refractivity (Wildman–Crippen MR) is 63.8 cm³/mol. The van der Waals surface area contributed by atoms with Gasteiger partial charge in [-0.15, -0.1) is 0 Å². The molecule has 2 heteroatoms. The molecule has 15 heavy (non-hydrogen) atoms. The smallest absolute Gasteiger partial charge is 0.143 e. The largest absolute Gasteiger partial charge is 0.392 e. The fourth-order valence-electron chi connectivity index (χ4n) is 1.71. The van der Waals surface area contributed by atoms with E-state index in [4.69, 9.17) is 0 Å². The molecule has 90 valence electrons. The molecule has 0 aliphatic carbocycles. The van der Waals surface area contributed by atoms with Crippen molar-refractivity contribution in [1.29, 1.82) is 0 Å². The highest BCUT2D eigenvalue weighted by Gasteiger charge is 2.30. The zero-order valence-electron chi connectivity index (χ0n) is 10.8. The Morgan fingerprint density at radius 1 is 1.27 bits per heavy atom. The van der Waals surface area contributed by atoms with Crippen LogP contribution in [-0.2, 0) is 4.79 Å². The molecule has 0 aromatic carbocycles. The minimum Gasteiger partial charge on any atom is -0.392 e. The summed E-state index contributed by atoms with van der Waals surface area (Å²) in [5.41, 5.74) is -0.342. The number of aliphatic hydroxyl groups excluding tert-OH is 1. The van der Waals surface area contributed by atoms with Gasteiger partial charge < -0.3 is 5.11 Å². The lowest BCUT2D eigenvalue weighted by Gasteiger charge is -2.25. The van der Waals surface area contributed by atoms with Crippen LogP contribution in [0.1, 0.15) is 60.3 Å². The van der Waals surface area contributed by atoms with Gasteiger partial charge in [-0.3, -0.25) is 4.79 Å². The third kappa shape index (κ3) is 5.31. The molecule has 0 aromatic heterocycles. The summed E-state index contributed by atoms with van der Waals surface area (Å²) in [6.45, 7) is 9.69. The number of hydrogen-bond acceptors (Lipinski definition) is 2. The lowest BCUT2D eigenvalue weighted by Crippen LogP contribution is -2.34. The molecule has 0 saturated carbocycles. The number of unbranched alkanes of at least 4 members (excludes halogenated alkanes) is 2. The van der Waals surface area contributed by atoms with E-state index in [1.165, 1.54) is 0 Å². The molecule has 2 nitrogen and oxygen atoms in total. The molecule has 0 spiro atoms. The lowest BCUT2D eigenvalue weighted by atomic mass is 9.80. The number of ketones is 1. The summed E-state index contributed by atoms with van der Waals surface area (Å²) >= 11 is 0. The molecule has 2 atom stereocenters. The Bertz CT molecular complexity index is 191. The van der Waals surface area contributed by atoms with Crippen molar-refractivity contribution in [1.82, 2.24) is 0 Å². The SMILES string of the molecule is CCCCC[C@@H](O)[C@H](C)C(=O)C(C)(C)C. The molecular formula is C13H26O2. The molecule has 0 aliphatic rings. The van der Waals surface area contributed by atoms with Crippen molar-refractivity contribution in [3.05, 3.63) is 0 Å². The van der Waals surface area contributed by atoms with Gasteiger partial charge in [-0.2, -0.15) is 0 Å².